The fraction of sp³-hybridized carbons (Fsp3) is 0.500. The third-order valence-electron chi connectivity index (χ3n) is 2.35. The summed E-state index contributed by atoms with van der Waals surface area (Å²) in [5.41, 5.74) is 4.09. The maximum absolute atomic E-state index is 4.32. The SMILES string of the molecule is CC(C)(C)Cc1ccnc2c1C=NC2. The Labute approximate surface area is 85.1 Å². The average Bonchev–Trinajstić information content (AvgIpc) is 2.49. The molecule has 1 aromatic heterocycles. The summed E-state index contributed by atoms with van der Waals surface area (Å²) in [5, 5.41) is 0. The fourth-order valence-corrected chi connectivity index (χ4v) is 1.79. The molecular formula is C12H16N2. The molecule has 0 aliphatic carbocycles. The van der Waals surface area contributed by atoms with E-state index >= 15 is 0 Å². The molecule has 1 aromatic rings. The van der Waals surface area contributed by atoms with E-state index in [0.717, 1.165) is 18.7 Å². The van der Waals surface area contributed by atoms with Gasteiger partial charge in [0.2, 0.25) is 0 Å². The fourth-order valence-electron chi connectivity index (χ4n) is 1.79. The van der Waals surface area contributed by atoms with Crippen molar-refractivity contribution in [1.29, 1.82) is 0 Å². The van der Waals surface area contributed by atoms with E-state index in [1.165, 1.54) is 11.1 Å². The van der Waals surface area contributed by atoms with Gasteiger partial charge in [-0.3, -0.25) is 9.98 Å². The molecule has 0 aromatic carbocycles. The van der Waals surface area contributed by atoms with Gasteiger partial charge in [0.25, 0.3) is 0 Å². The van der Waals surface area contributed by atoms with Gasteiger partial charge in [0.1, 0.15) is 0 Å². The zero-order valence-corrected chi connectivity index (χ0v) is 9.04. The molecule has 0 amide bonds. The summed E-state index contributed by atoms with van der Waals surface area (Å²) in [7, 11) is 0. The Morgan fingerprint density at radius 1 is 1.36 bits per heavy atom. The van der Waals surface area contributed by atoms with Gasteiger partial charge < -0.3 is 0 Å². The van der Waals surface area contributed by atoms with E-state index in [2.05, 4.69) is 36.8 Å². The Balaban J connectivity index is 2.35. The van der Waals surface area contributed by atoms with Crippen molar-refractivity contribution >= 4 is 6.21 Å². The molecule has 2 rings (SSSR count). The van der Waals surface area contributed by atoms with Crippen LogP contribution in [0, 0.1) is 5.41 Å². The van der Waals surface area contributed by atoms with Crippen LogP contribution in [0.15, 0.2) is 17.3 Å². The Bertz CT molecular complexity index is 372. The van der Waals surface area contributed by atoms with Crippen molar-refractivity contribution in [2.45, 2.75) is 33.7 Å². The molecular weight excluding hydrogens is 172 g/mol. The van der Waals surface area contributed by atoms with Crippen LogP contribution in [0.1, 0.15) is 37.6 Å². The normalized spacial score (nSPS) is 14.5. The molecule has 1 aliphatic rings. The van der Waals surface area contributed by atoms with Crippen molar-refractivity contribution in [3.8, 4) is 0 Å². The second-order valence-electron chi connectivity index (χ2n) is 5.04. The van der Waals surface area contributed by atoms with E-state index in [-0.39, 0.29) is 0 Å². The van der Waals surface area contributed by atoms with Crippen LogP contribution in [0.4, 0.5) is 0 Å². The van der Waals surface area contributed by atoms with Crippen molar-refractivity contribution < 1.29 is 0 Å². The van der Waals surface area contributed by atoms with Gasteiger partial charge in [-0.05, 0) is 23.5 Å². The van der Waals surface area contributed by atoms with Gasteiger partial charge >= 0.3 is 0 Å². The van der Waals surface area contributed by atoms with Gasteiger partial charge in [0, 0.05) is 18.0 Å². The van der Waals surface area contributed by atoms with Crippen molar-refractivity contribution in [1.82, 2.24) is 4.98 Å². The predicted molar refractivity (Wildman–Crippen MR) is 58.7 cm³/mol. The minimum atomic E-state index is 0.325. The maximum Gasteiger partial charge on any atom is 0.0818 e. The standard InChI is InChI=1S/C12H16N2/c1-12(2,3)6-9-4-5-14-11-8-13-7-10(9)11/h4-5,7H,6,8H2,1-3H3. The highest BCUT2D eigenvalue weighted by atomic mass is 14.8. The summed E-state index contributed by atoms with van der Waals surface area (Å²) in [6, 6.07) is 2.11. The van der Waals surface area contributed by atoms with Crippen LogP contribution in [0.5, 0.6) is 0 Å². The highest BCUT2D eigenvalue weighted by molar-refractivity contribution is 5.85. The van der Waals surface area contributed by atoms with Gasteiger partial charge in [-0.15, -0.1) is 0 Å². The maximum atomic E-state index is 4.32. The lowest BCUT2D eigenvalue weighted by Crippen LogP contribution is -2.11. The summed E-state index contributed by atoms with van der Waals surface area (Å²) in [5.74, 6) is 0. The average molecular weight is 188 g/mol. The van der Waals surface area contributed by atoms with Crippen molar-refractivity contribution in [3.05, 3.63) is 29.1 Å². The largest absolute Gasteiger partial charge is 0.286 e. The molecule has 0 unspecified atom stereocenters. The van der Waals surface area contributed by atoms with E-state index in [4.69, 9.17) is 0 Å². The zero-order chi connectivity index (χ0) is 10.2. The van der Waals surface area contributed by atoms with Crippen molar-refractivity contribution in [3.63, 3.8) is 0 Å². The molecule has 0 saturated carbocycles. The number of nitrogens with zero attached hydrogens (tertiary/aromatic N) is 2. The Morgan fingerprint density at radius 2 is 2.14 bits per heavy atom. The van der Waals surface area contributed by atoms with E-state index in [9.17, 15) is 0 Å². The van der Waals surface area contributed by atoms with Gasteiger partial charge in [-0.1, -0.05) is 20.8 Å². The number of pyridine rings is 1. The van der Waals surface area contributed by atoms with Crippen LogP contribution in [-0.4, -0.2) is 11.2 Å². The second-order valence-corrected chi connectivity index (χ2v) is 5.04. The van der Waals surface area contributed by atoms with E-state index in [1.54, 1.807) is 0 Å². The summed E-state index contributed by atoms with van der Waals surface area (Å²) in [4.78, 5) is 8.58. The molecule has 0 saturated heterocycles. The number of aromatic nitrogens is 1. The zero-order valence-electron chi connectivity index (χ0n) is 9.04. The molecule has 14 heavy (non-hydrogen) atoms. The first-order valence-corrected chi connectivity index (χ1v) is 5.03. The highest BCUT2D eigenvalue weighted by Crippen LogP contribution is 2.25. The smallest absolute Gasteiger partial charge is 0.0818 e. The van der Waals surface area contributed by atoms with Crippen LogP contribution in [-0.2, 0) is 13.0 Å². The van der Waals surface area contributed by atoms with Crippen LogP contribution < -0.4 is 0 Å². The summed E-state index contributed by atoms with van der Waals surface area (Å²) in [6.45, 7) is 7.52. The lowest BCUT2D eigenvalue weighted by molar-refractivity contribution is 0.411. The quantitative estimate of drug-likeness (QED) is 0.665. The molecule has 0 fully saturated rings. The molecule has 1 aliphatic heterocycles. The predicted octanol–water partition coefficient (Wildman–Crippen LogP) is 2.60. The first-order chi connectivity index (χ1) is 6.56. The molecule has 2 heteroatoms. The molecule has 0 N–H and O–H groups in total. The Kier molecular flexibility index (Phi) is 2.14. The summed E-state index contributed by atoms with van der Waals surface area (Å²) >= 11 is 0. The topological polar surface area (TPSA) is 25.2 Å². The third-order valence-corrected chi connectivity index (χ3v) is 2.35. The molecule has 2 nitrogen and oxygen atoms in total. The number of hydrogen-bond donors (Lipinski definition) is 0. The minimum Gasteiger partial charge on any atom is -0.286 e. The lowest BCUT2D eigenvalue weighted by atomic mass is 9.86. The monoisotopic (exact) mass is 188 g/mol. The number of fused-ring (bicyclic) bond motifs is 1. The summed E-state index contributed by atoms with van der Waals surface area (Å²) in [6.07, 6.45) is 4.95. The van der Waals surface area contributed by atoms with Gasteiger partial charge in [-0.25, -0.2) is 0 Å². The molecule has 2 heterocycles. The minimum absolute atomic E-state index is 0.325. The van der Waals surface area contributed by atoms with E-state index in [0.29, 0.717) is 5.41 Å². The number of aliphatic imine (C=N–C) groups is 1. The van der Waals surface area contributed by atoms with Gasteiger partial charge in [0.15, 0.2) is 0 Å². The molecule has 0 atom stereocenters. The second kappa shape index (κ2) is 3.19. The third kappa shape index (κ3) is 1.84. The number of hydrogen-bond acceptors (Lipinski definition) is 2. The van der Waals surface area contributed by atoms with Gasteiger partial charge in [0.05, 0.1) is 12.2 Å². The molecule has 0 spiro atoms. The van der Waals surface area contributed by atoms with Gasteiger partial charge in [-0.2, -0.15) is 0 Å². The molecule has 0 bridgehead atoms. The summed E-state index contributed by atoms with van der Waals surface area (Å²) < 4.78 is 0. The first kappa shape index (κ1) is 9.38. The molecule has 0 radical (unpaired) electrons. The van der Waals surface area contributed by atoms with Crippen LogP contribution in [0.25, 0.3) is 0 Å². The van der Waals surface area contributed by atoms with E-state index in [1.807, 2.05) is 12.4 Å². The highest BCUT2D eigenvalue weighted by Gasteiger charge is 2.17. The number of rotatable bonds is 1. The van der Waals surface area contributed by atoms with E-state index < -0.39 is 0 Å². The lowest BCUT2D eigenvalue weighted by Gasteiger charge is -2.19. The van der Waals surface area contributed by atoms with Crippen molar-refractivity contribution in [2.24, 2.45) is 10.4 Å². The molecule has 74 valence electrons. The Hall–Kier alpha value is -1.18. The van der Waals surface area contributed by atoms with Crippen molar-refractivity contribution in [2.75, 3.05) is 0 Å². The van der Waals surface area contributed by atoms with Crippen LogP contribution in [0.3, 0.4) is 0 Å². The van der Waals surface area contributed by atoms with Crippen LogP contribution in [0.2, 0.25) is 0 Å². The first-order valence-electron chi connectivity index (χ1n) is 5.03. The van der Waals surface area contributed by atoms with Crippen LogP contribution >= 0.6 is 0 Å². The Morgan fingerprint density at radius 3 is 2.86 bits per heavy atom.